The molecule has 0 aliphatic carbocycles. The van der Waals surface area contributed by atoms with Gasteiger partial charge in [0.25, 0.3) is 0 Å². The van der Waals surface area contributed by atoms with Crippen molar-refractivity contribution in [1.29, 1.82) is 0 Å². The molecule has 0 aliphatic rings. The number of ether oxygens (including phenoxy) is 4. The van der Waals surface area contributed by atoms with Crippen LogP contribution in [0.4, 0.5) is 10.5 Å². The first-order valence-electron chi connectivity index (χ1n) is 8.18. The van der Waals surface area contributed by atoms with Crippen molar-refractivity contribution < 1.29 is 28.8 Å². The molecule has 2 rings (SSSR count). The van der Waals surface area contributed by atoms with E-state index in [1.807, 2.05) is 0 Å². The predicted molar refractivity (Wildman–Crippen MR) is 101 cm³/mol. The van der Waals surface area contributed by atoms with E-state index in [1.54, 1.807) is 36.4 Å². The Hall–Kier alpha value is -3.13. The average molecular weight is 376 g/mol. The van der Waals surface area contributed by atoms with Crippen LogP contribution in [-0.4, -0.2) is 46.1 Å². The maximum atomic E-state index is 12.1. The normalized spacial score (nSPS) is 11.3. The van der Waals surface area contributed by atoms with Crippen LogP contribution in [0.1, 0.15) is 11.7 Å². The highest BCUT2D eigenvalue weighted by molar-refractivity contribution is 5.89. The molecular weight excluding hydrogens is 352 g/mol. The molecule has 0 saturated carbocycles. The standard InChI is InChI=1S/C19H24N2O6/c1-24-14-8-13(9-15(10-14)25-2)21-19(23)20-11-16(22)12-5-6-17(26-3)18(7-12)27-4/h5-10,16,22H,11H2,1-4H3,(H2,20,21,23). The molecule has 1 unspecified atom stereocenters. The van der Waals surface area contributed by atoms with Gasteiger partial charge < -0.3 is 34.7 Å². The fourth-order valence-corrected chi connectivity index (χ4v) is 2.42. The second-order valence-corrected chi connectivity index (χ2v) is 5.57. The highest BCUT2D eigenvalue weighted by atomic mass is 16.5. The Morgan fingerprint density at radius 1 is 0.926 bits per heavy atom. The van der Waals surface area contributed by atoms with Crippen molar-refractivity contribution >= 4 is 11.7 Å². The van der Waals surface area contributed by atoms with E-state index in [0.29, 0.717) is 34.2 Å². The number of benzene rings is 2. The molecule has 2 aromatic carbocycles. The molecule has 146 valence electrons. The van der Waals surface area contributed by atoms with E-state index in [0.717, 1.165) is 0 Å². The van der Waals surface area contributed by atoms with Crippen LogP contribution in [0, 0.1) is 0 Å². The van der Waals surface area contributed by atoms with Crippen LogP contribution in [0.3, 0.4) is 0 Å². The first kappa shape index (κ1) is 20.2. The van der Waals surface area contributed by atoms with Crippen molar-refractivity contribution in [3.05, 3.63) is 42.0 Å². The zero-order valence-electron chi connectivity index (χ0n) is 15.7. The van der Waals surface area contributed by atoms with Gasteiger partial charge in [-0.1, -0.05) is 6.07 Å². The number of hydrogen-bond donors (Lipinski definition) is 3. The minimum Gasteiger partial charge on any atom is -0.497 e. The number of urea groups is 1. The monoisotopic (exact) mass is 376 g/mol. The summed E-state index contributed by atoms with van der Waals surface area (Å²) in [5.74, 6) is 2.16. The first-order valence-corrected chi connectivity index (χ1v) is 8.18. The van der Waals surface area contributed by atoms with Crippen LogP contribution in [0.5, 0.6) is 23.0 Å². The minimum atomic E-state index is -0.907. The summed E-state index contributed by atoms with van der Waals surface area (Å²) in [5, 5.41) is 15.6. The van der Waals surface area contributed by atoms with Crippen LogP contribution in [-0.2, 0) is 0 Å². The molecule has 8 heteroatoms. The highest BCUT2D eigenvalue weighted by Gasteiger charge is 2.13. The van der Waals surface area contributed by atoms with Gasteiger partial charge in [-0.3, -0.25) is 0 Å². The summed E-state index contributed by atoms with van der Waals surface area (Å²) in [5.41, 5.74) is 1.10. The maximum Gasteiger partial charge on any atom is 0.319 e. The summed E-state index contributed by atoms with van der Waals surface area (Å²) >= 11 is 0. The third-order valence-electron chi connectivity index (χ3n) is 3.86. The number of amides is 2. The molecule has 0 saturated heterocycles. The van der Waals surface area contributed by atoms with Crippen LogP contribution >= 0.6 is 0 Å². The van der Waals surface area contributed by atoms with Gasteiger partial charge in [0.15, 0.2) is 11.5 Å². The van der Waals surface area contributed by atoms with Crippen molar-refractivity contribution in [3.63, 3.8) is 0 Å². The van der Waals surface area contributed by atoms with Crippen LogP contribution in [0.2, 0.25) is 0 Å². The highest BCUT2D eigenvalue weighted by Crippen LogP contribution is 2.30. The Balaban J connectivity index is 1.97. The number of nitrogens with one attached hydrogen (secondary N) is 2. The largest absolute Gasteiger partial charge is 0.497 e. The third kappa shape index (κ3) is 5.42. The number of hydrogen-bond acceptors (Lipinski definition) is 6. The Morgan fingerprint density at radius 2 is 1.56 bits per heavy atom. The lowest BCUT2D eigenvalue weighted by atomic mass is 10.1. The molecule has 0 heterocycles. The molecule has 0 bridgehead atoms. The number of aliphatic hydroxyl groups is 1. The number of anilines is 1. The topological polar surface area (TPSA) is 98.3 Å². The summed E-state index contributed by atoms with van der Waals surface area (Å²) in [6, 6.07) is 9.61. The van der Waals surface area contributed by atoms with Crippen molar-refractivity contribution in [1.82, 2.24) is 5.32 Å². The fraction of sp³-hybridized carbons (Fsp3) is 0.316. The van der Waals surface area contributed by atoms with Gasteiger partial charge in [-0.2, -0.15) is 0 Å². The van der Waals surface area contributed by atoms with E-state index in [2.05, 4.69) is 10.6 Å². The van der Waals surface area contributed by atoms with E-state index >= 15 is 0 Å². The van der Waals surface area contributed by atoms with Crippen LogP contribution in [0.15, 0.2) is 36.4 Å². The average Bonchev–Trinajstić information content (AvgIpc) is 2.70. The summed E-state index contributed by atoms with van der Waals surface area (Å²) in [4.78, 5) is 12.1. The van der Waals surface area contributed by atoms with Gasteiger partial charge >= 0.3 is 6.03 Å². The lowest BCUT2D eigenvalue weighted by Gasteiger charge is -2.15. The first-order chi connectivity index (χ1) is 13.0. The molecule has 27 heavy (non-hydrogen) atoms. The number of methoxy groups -OCH3 is 4. The second-order valence-electron chi connectivity index (χ2n) is 5.57. The van der Waals surface area contributed by atoms with Crippen LogP contribution in [0.25, 0.3) is 0 Å². The molecule has 1 atom stereocenters. The number of carbonyl (C=O) groups is 1. The second kappa shape index (κ2) is 9.54. The lowest BCUT2D eigenvalue weighted by Crippen LogP contribution is -2.32. The zero-order valence-corrected chi connectivity index (χ0v) is 15.7. The van der Waals surface area contributed by atoms with Gasteiger partial charge in [-0.25, -0.2) is 4.79 Å². The summed E-state index contributed by atoms with van der Waals surface area (Å²) < 4.78 is 20.7. The molecule has 0 radical (unpaired) electrons. The Kier molecular flexibility index (Phi) is 7.13. The third-order valence-corrected chi connectivity index (χ3v) is 3.86. The molecule has 2 amide bonds. The summed E-state index contributed by atoms with van der Waals surface area (Å²) in [7, 11) is 6.10. The minimum absolute atomic E-state index is 0.0163. The van der Waals surface area contributed by atoms with Crippen molar-refractivity contribution in [2.24, 2.45) is 0 Å². The van der Waals surface area contributed by atoms with Gasteiger partial charge in [-0.15, -0.1) is 0 Å². The van der Waals surface area contributed by atoms with Crippen molar-refractivity contribution in [3.8, 4) is 23.0 Å². The molecule has 0 fully saturated rings. The molecule has 3 N–H and O–H groups in total. The molecular formula is C19H24N2O6. The lowest BCUT2D eigenvalue weighted by molar-refractivity contribution is 0.174. The Labute approximate surface area is 158 Å². The zero-order chi connectivity index (χ0) is 19.8. The quantitative estimate of drug-likeness (QED) is 0.655. The molecule has 2 aromatic rings. The van der Waals surface area contributed by atoms with Gasteiger partial charge in [0.1, 0.15) is 11.5 Å². The van der Waals surface area contributed by atoms with E-state index in [-0.39, 0.29) is 6.54 Å². The van der Waals surface area contributed by atoms with Gasteiger partial charge in [0, 0.05) is 30.4 Å². The molecule has 0 spiro atoms. The van der Waals surface area contributed by atoms with E-state index < -0.39 is 12.1 Å². The molecule has 0 aliphatic heterocycles. The maximum absolute atomic E-state index is 12.1. The SMILES string of the molecule is COc1cc(NC(=O)NCC(O)c2ccc(OC)c(OC)c2)cc(OC)c1. The van der Waals surface area contributed by atoms with E-state index in [9.17, 15) is 9.90 Å². The molecule has 8 nitrogen and oxygen atoms in total. The van der Waals surface area contributed by atoms with E-state index in [4.69, 9.17) is 18.9 Å². The predicted octanol–water partition coefficient (Wildman–Crippen LogP) is 2.58. The van der Waals surface area contributed by atoms with E-state index in [1.165, 1.54) is 28.4 Å². The van der Waals surface area contributed by atoms with Gasteiger partial charge in [-0.05, 0) is 17.7 Å². The number of rotatable bonds is 8. The van der Waals surface area contributed by atoms with Crippen molar-refractivity contribution in [2.45, 2.75) is 6.10 Å². The Morgan fingerprint density at radius 3 is 2.11 bits per heavy atom. The number of carbonyl (C=O) groups excluding carboxylic acids is 1. The van der Waals surface area contributed by atoms with Crippen LogP contribution < -0.4 is 29.6 Å². The fourth-order valence-electron chi connectivity index (χ4n) is 2.42. The summed E-state index contributed by atoms with van der Waals surface area (Å²) in [6.07, 6.45) is -0.907. The number of aliphatic hydroxyl groups excluding tert-OH is 1. The van der Waals surface area contributed by atoms with Gasteiger partial charge in [0.2, 0.25) is 0 Å². The van der Waals surface area contributed by atoms with Crippen molar-refractivity contribution in [2.75, 3.05) is 40.3 Å². The van der Waals surface area contributed by atoms with Gasteiger partial charge in [0.05, 0.1) is 34.5 Å². The Bertz CT molecular complexity index is 759. The smallest absolute Gasteiger partial charge is 0.319 e. The summed E-state index contributed by atoms with van der Waals surface area (Å²) in [6.45, 7) is 0.0163. The molecule has 0 aromatic heterocycles.